The van der Waals surface area contributed by atoms with Crippen LogP contribution in [0.3, 0.4) is 0 Å². The topological polar surface area (TPSA) is 94.1 Å². The molecule has 0 aromatic heterocycles. The van der Waals surface area contributed by atoms with E-state index in [-0.39, 0.29) is 19.6 Å². The summed E-state index contributed by atoms with van der Waals surface area (Å²) < 4.78 is 15.1. The number of rotatable bonds is 9. The van der Waals surface area contributed by atoms with Crippen molar-refractivity contribution in [2.24, 2.45) is 0 Å². The van der Waals surface area contributed by atoms with Gasteiger partial charge in [0.25, 0.3) is 5.91 Å². The average molecular weight is 297 g/mol. The maximum absolute atomic E-state index is 11.7. The number of aliphatic carboxylic acids is 1. The Morgan fingerprint density at radius 2 is 1.81 bits per heavy atom. The molecule has 0 heterocycles. The molecule has 1 aromatic carbocycles. The van der Waals surface area contributed by atoms with Crippen molar-refractivity contribution >= 4 is 11.9 Å². The summed E-state index contributed by atoms with van der Waals surface area (Å²) in [5.41, 5.74) is 0. The molecule has 1 amide bonds. The molecule has 0 fully saturated rings. The number of methoxy groups -OCH3 is 2. The zero-order chi connectivity index (χ0) is 15.7. The fourth-order valence-corrected chi connectivity index (χ4v) is 1.55. The van der Waals surface area contributed by atoms with E-state index in [9.17, 15) is 9.59 Å². The highest BCUT2D eigenvalue weighted by molar-refractivity contribution is 5.84. The number of carboxylic acid groups (broad SMARTS) is 1. The first kappa shape index (κ1) is 16.8. The molecule has 21 heavy (non-hydrogen) atoms. The van der Waals surface area contributed by atoms with E-state index in [4.69, 9.17) is 19.3 Å². The number of carbonyl (C=O) groups excluding carboxylic acids is 1. The predicted octanol–water partition coefficient (Wildman–Crippen LogP) is 0.680. The first-order valence-electron chi connectivity index (χ1n) is 6.34. The molecule has 0 bridgehead atoms. The number of amides is 1. The minimum atomic E-state index is -1.11. The van der Waals surface area contributed by atoms with Gasteiger partial charge in [-0.1, -0.05) is 0 Å². The molecule has 0 radical (unpaired) electrons. The minimum absolute atomic E-state index is 0.195. The Kier molecular flexibility index (Phi) is 7.03. The molecule has 1 aromatic rings. The fourth-order valence-electron chi connectivity index (χ4n) is 1.55. The van der Waals surface area contributed by atoms with Gasteiger partial charge in [0.15, 0.2) is 6.61 Å². The summed E-state index contributed by atoms with van der Waals surface area (Å²) in [6.07, 6.45) is 0.195. The van der Waals surface area contributed by atoms with E-state index in [1.165, 1.54) is 7.11 Å². The maximum atomic E-state index is 11.7. The molecule has 0 spiro atoms. The van der Waals surface area contributed by atoms with Crippen molar-refractivity contribution in [1.82, 2.24) is 5.32 Å². The van der Waals surface area contributed by atoms with Gasteiger partial charge in [-0.15, -0.1) is 0 Å². The van der Waals surface area contributed by atoms with Crippen molar-refractivity contribution in [2.75, 3.05) is 27.4 Å². The lowest BCUT2D eigenvalue weighted by Gasteiger charge is -2.14. The van der Waals surface area contributed by atoms with E-state index in [2.05, 4.69) is 5.32 Å². The van der Waals surface area contributed by atoms with Crippen LogP contribution in [0.25, 0.3) is 0 Å². The largest absolute Gasteiger partial charge is 0.497 e. The van der Waals surface area contributed by atoms with Gasteiger partial charge < -0.3 is 24.6 Å². The molecule has 7 nitrogen and oxygen atoms in total. The molecule has 1 rings (SSSR count). The molecule has 2 N–H and O–H groups in total. The second kappa shape index (κ2) is 8.80. The first-order chi connectivity index (χ1) is 10.1. The SMILES string of the molecule is COCCC(NC(=O)COc1ccc(OC)cc1)C(=O)O. The standard InChI is InChI=1S/C14H19NO6/c1-19-8-7-12(14(17)18)15-13(16)9-21-11-5-3-10(20-2)4-6-11/h3-6,12H,7-9H2,1-2H3,(H,15,16)(H,17,18). The Morgan fingerprint density at radius 1 is 1.19 bits per heavy atom. The van der Waals surface area contributed by atoms with Gasteiger partial charge in [0.2, 0.25) is 0 Å². The normalized spacial score (nSPS) is 11.5. The maximum Gasteiger partial charge on any atom is 0.326 e. The molecule has 7 heteroatoms. The van der Waals surface area contributed by atoms with E-state index >= 15 is 0 Å². The molecule has 0 aliphatic heterocycles. The fraction of sp³-hybridized carbons (Fsp3) is 0.429. The van der Waals surface area contributed by atoms with Crippen LogP contribution in [-0.2, 0) is 14.3 Å². The highest BCUT2D eigenvalue weighted by atomic mass is 16.5. The van der Waals surface area contributed by atoms with Gasteiger partial charge in [-0.3, -0.25) is 4.79 Å². The van der Waals surface area contributed by atoms with Crippen LogP contribution in [0.15, 0.2) is 24.3 Å². The van der Waals surface area contributed by atoms with Crippen LogP contribution in [-0.4, -0.2) is 50.5 Å². The van der Waals surface area contributed by atoms with Crippen LogP contribution in [0.1, 0.15) is 6.42 Å². The van der Waals surface area contributed by atoms with Crippen LogP contribution in [0.2, 0.25) is 0 Å². The second-order valence-corrected chi connectivity index (χ2v) is 4.20. The molecule has 1 unspecified atom stereocenters. The van der Waals surface area contributed by atoms with E-state index in [0.717, 1.165) is 0 Å². The molecular weight excluding hydrogens is 278 g/mol. The van der Waals surface area contributed by atoms with Crippen LogP contribution < -0.4 is 14.8 Å². The van der Waals surface area contributed by atoms with Crippen molar-refractivity contribution < 1.29 is 28.9 Å². The van der Waals surface area contributed by atoms with Crippen LogP contribution >= 0.6 is 0 Å². The van der Waals surface area contributed by atoms with E-state index in [0.29, 0.717) is 11.5 Å². The van der Waals surface area contributed by atoms with E-state index in [1.807, 2.05) is 0 Å². The van der Waals surface area contributed by atoms with E-state index < -0.39 is 17.9 Å². The third-order valence-electron chi connectivity index (χ3n) is 2.67. The Balaban J connectivity index is 2.42. The first-order valence-corrected chi connectivity index (χ1v) is 6.34. The number of carboxylic acids is 1. The highest BCUT2D eigenvalue weighted by Crippen LogP contribution is 2.16. The summed E-state index contributed by atoms with van der Waals surface area (Å²) in [4.78, 5) is 22.6. The van der Waals surface area contributed by atoms with Crippen LogP contribution in [0.5, 0.6) is 11.5 Å². The lowest BCUT2D eigenvalue weighted by molar-refractivity contribution is -0.142. The minimum Gasteiger partial charge on any atom is -0.497 e. The van der Waals surface area contributed by atoms with Crippen LogP contribution in [0.4, 0.5) is 0 Å². The Bertz CT molecular complexity index is 459. The van der Waals surface area contributed by atoms with E-state index in [1.54, 1.807) is 31.4 Å². The number of hydrogen-bond donors (Lipinski definition) is 2. The third-order valence-corrected chi connectivity index (χ3v) is 2.67. The monoisotopic (exact) mass is 297 g/mol. The van der Waals surface area contributed by atoms with Crippen molar-refractivity contribution in [3.05, 3.63) is 24.3 Å². The molecular formula is C14H19NO6. The number of benzene rings is 1. The summed E-state index contributed by atoms with van der Waals surface area (Å²) in [6, 6.07) is 5.73. The zero-order valence-corrected chi connectivity index (χ0v) is 12.0. The second-order valence-electron chi connectivity index (χ2n) is 4.20. The third kappa shape index (κ3) is 6.13. The summed E-state index contributed by atoms with van der Waals surface area (Å²) >= 11 is 0. The lowest BCUT2D eigenvalue weighted by atomic mass is 10.2. The summed E-state index contributed by atoms with van der Waals surface area (Å²) in [6.45, 7) is -0.0142. The Labute approximate surface area is 122 Å². The van der Waals surface area contributed by atoms with Crippen molar-refractivity contribution in [1.29, 1.82) is 0 Å². The van der Waals surface area contributed by atoms with Gasteiger partial charge in [-0.05, 0) is 24.3 Å². The number of hydrogen-bond acceptors (Lipinski definition) is 5. The van der Waals surface area contributed by atoms with Crippen molar-refractivity contribution in [3.8, 4) is 11.5 Å². The van der Waals surface area contributed by atoms with Gasteiger partial charge in [0.1, 0.15) is 17.5 Å². The summed E-state index contributed by atoms with van der Waals surface area (Å²) in [5, 5.41) is 11.3. The lowest BCUT2D eigenvalue weighted by Crippen LogP contribution is -2.43. The zero-order valence-electron chi connectivity index (χ0n) is 12.0. The Morgan fingerprint density at radius 3 is 2.33 bits per heavy atom. The van der Waals surface area contributed by atoms with Crippen molar-refractivity contribution in [3.63, 3.8) is 0 Å². The average Bonchev–Trinajstić information content (AvgIpc) is 2.49. The van der Waals surface area contributed by atoms with Gasteiger partial charge in [0.05, 0.1) is 7.11 Å². The quantitative estimate of drug-likeness (QED) is 0.696. The number of ether oxygens (including phenoxy) is 3. The summed E-state index contributed by atoms with van der Waals surface area (Å²) in [5.74, 6) is -0.439. The van der Waals surface area contributed by atoms with Gasteiger partial charge in [-0.2, -0.15) is 0 Å². The van der Waals surface area contributed by atoms with Gasteiger partial charge in [0, 0.05) is 20.1 Å². The molecule has 116 valence electrons. The predicted molar refractivity (Wildman–Crippen MR) is 74.5 cm³/mol. The molecule has 0 saturated carbocycles. The molecule has 0 aliphatic carbocycles. The number of carbonyl (C=O) groups is 2. The highest BCUT2D eigenvalue weighted by Gasteiger charge is 2.19. The molecule has 1 atom stereocenters. The Hall–Kier alpha value is -2.28. The van der Waals surface area contributed by atoms with Gasteiger partial charge in [-0.25, -0.2) is 4.79 Å². The molecule has 0 saturated heterocycles. The smallest absolute Gasteiger partial charge is 0.326 e. The molecule has 0 aliphatic rings. The summed E-state index contributed by atoms with van der Waals surface area (Å²) in [7, 11) is 3.02. The number of nitrogens with one attached hydrogen (secondary N) is 1. The van der Waals surface area contributed by atoms with Gasteiger partial charge >= 0.3 is 5.97 Å². The van der Waals surface area contributed by atoms with Crippen LogP contribution in [0, 0.1) is 0 Å². The van der Waals surface area contributed by atoms with Crippen molar-refractivity contribution in [2.45, 2.75) is 12.5 Å².